The minimum Gasteiger partial charge on any atom is -0.357 e. The Morgan fingerprint density at radius 3 is 2.42 bits per heavy atom. The van der Waals surface area contributed by atoms with Gasteiger partial charge in [0.15, 0.2) is 0 Å². The molecule has 0 radical (unpaired) electrons. The van der Waals surface area contributed by atoms with Crippen LogP contribution in [-0.4, -0.2) is 48.1 Å². The lowest BCUT2D eigenvalue weighted by Crippen LogP contribution is -2.57. The van der Waals surface area contributed by atoms with Crippen LogP contribution in [0.25, 0.3) is 0 Å². The Balaban J connectivity index is 2.20. The summed E-state index contributed by atoms with van der Waals surface area (Å²) < 4.78 is 0. The molecule has 0 bridgehead atoms. The van der Waals surface area contributed by atoms with Gasteiger partial charge in [0, 0.05) is 24.7 Å². The van der Waals surface area contributed by atoms with Crippen LogP contribution in [0.1, 0.15) is 31.7 Å². The van der Waals surface area contributed by atoms with Gasteiger partial charge in [0.25, 0.3) is 0 Å². The zero-order chi connectivity index (χ0) is 14.0. The number of aromatic nitrogens is 2. The monoisotopic (exact) mass is 282 g/mol. The van der Waals surface area contributed by atoms with Crippen molar-refractivity contribution in [2.75, 3.05) is 32.6 Å². The largest absolute Gasteiger partial charge is 0.357 e. The molecule has 2 rings (SSSR count). The van der Waals surface area contributed by atoms with Crippen LogP contribution >= 0.6 is 11.6 Å². The topological polar surface area (TPSA) is 32.3 Å². The van der Waals surface area contributed by atoms with Gasteiger partial charge in [-0.2, -0.15) is 0 Å². The smallest absolute Gasteiger partial charge is 0.137 e. The van der Waals surface area contributed by atoms with Gasteiger partial charge in [0.2, 0.25) is 0 Å². The Bertz CT molecular complexity index is 443. The van der Waals surface area contributed by atoms with E-state index in [0.29, 0.717) is 5.15 Å². The van der Waals surface area contributed by atoms with E-state index in [1.165, 1.54) is 19.3 Å². The molecule has 1 aliphatic carbocycles. The summed E-state index contributed by atoms with van der Waals surface area (Å²) in [5.41, 5.74) is 1.33. The molecule has 106 valence electrons. The summed E-state index contributed by atoms with van der Waals surface area (Å²) in [5.74, 6) is 0.968. The fourth-order valence-electron chi connectivity index (χ4n) is 2.86. The van der Waals surface area contributed by atoms with Gasteiger partial charge in [-0.05, 0) is 39.8 Å². The van der Waals surface area contributed by atoms with E-state index >= 15 is 0 Å². The van der Waals surface area contributed by atoms with Gasteiger partial charge in [-0.1, -0.05) is 18.5 Å². The minimum absolute atomic E-state index is 0.289. The molecule has 1 aliphatic rings. The Morgan fingerprint density at radius 1 is 1.26 bits per heavy atom. The molecule has 1 heterocycles. The maximum atomic E-state index is 6.17. The molecule has 0 amide bonds. The highest BCUT2D eigenvalue weighted by atomic mass is 35.5. The van der Waals surface area contributed by atoms with Gasteiger partial charge in [-0.15, -0.1) is 0 Å². The molecule has 4 nitrogen and oxygen atoms in total. The van der Waals surface area contributed by atoms with Gasteiger partial charge >= 0.3 is 0 Å². The molecule has 0 aliphatic heterocycles. The van der Waals surface area contributed by atoms with Crippen molar-refractivity contribution in [2.24, 2.45) is 0 Å². The third-order valence-corrected chi connectivity index (χ3v) is 4.68. The van der Waals surface area contributed by atoms with E-state index in [4.69, 9.17) is 11.6 Å². The number of halogens is 1. The summed E-state index contributed by atoms with van der Waals surface area (Å²) in [6, 6.07) is 0. The van der Waals surface area contributed by atoms with E-state index in [9.17, 15) is 0 Å². The van der Waals surface area contributed by atoms with Crippen LogP contribution in [-0.2, 0) is 6.42 Å². The number of rotatable bonds is 5. The SMILES string of the molecule is CCc1c(Cl)ncnc1N(C)CC1(N(C)C)CCC1. The van der Waals surface area contributed by atoms with Crippen LogP contribution in [0.15, 0.2) is 6.33 Å². The second-order valence-electron chi connectivity index (χ2n) is 5.65. The van der Waals surface area contributed by atoms with Gasteiger partial charge in [0.05, 0.1) is 0 Å². The Hall–Kier alpha value is -0.870. The number of likely N-dealkylation sites (N-methyl/N-ethyl adjacent to an activating group) is 2. The molecule has 0 aromatic carbocycles. The average molecular weight is 283 g/mol. The van der Waals surface area contributed by atoms with E-state index < -0.39 is 0 Å². The Morgan fingerprint density at radius 2 is 1.95 bits per heavy atom. The van der Waals surface area contributed by atoms with Crippen LogP contribution in [0.4, 0.5) is 5.82 Å². The third-order valence-electron chi connectivity index (χ3n) is 4.35. The maximum absolute atomic E-state index is 6.17. The molecule has 1 aromatic heterocycles. The zero-order valence-corrected chi connectivity index (χ0v) is 13.0. The van der Waals surface area contributed by atoms with Crippen molar-refractivity contribution in [3.05, 3.63) is 17.0 Å². The van der Waals surface area contributed by atoms with Crippen molar-refractivity contribution in [1.29, 1.82) is 0 Å². The second kappa shape index (κ2) is 5.63. The molecule has 5 heteroatoms. The van der Waals surface area contributed by atoms with Gasteiger partial charge in [-0.25, -0.2) is 9.97 Å². The average Bonchev–Trinajstić information content (AvgIpc) is 2.32. The van der Waals surface area contributed by atoms with Crippen LogP contribution in [0.3, 0.4) is 0 Å². The third kappa shape index (κ3) is 2.70. The van der Waals surface area contributed by atoms with Crippen molar-refractivity contribution in [1.82, 2.24) is 14.9 Å². The summed E-state index contributed by atoms with van der Waals surface area (Å²) >= 11 is 6.17. The Labute approximate surface area is 120 Å². The fourth-order valence-corrected chi connectivity index (χ4v) is 3.13. The number of hydrogen-bond acceptors (Lipinski definition) is 4. The van der Waals surface area contributed by atoms with Gasteiger partial charge < -0.3 is 9.80 Å². The highest BCUT2D eigenvalue weighted by Crippen LogP contribution is 2.37. The second-order valence-corrected chi connectivity index (χ2v) is 6.01. The lowest BCUT2D eigenvalue weighted by molar-refractivity contribution is 0.0681. The molecule has 1 aromatic rings. The fraction of sp³-hybridized carbons (Fsp3) is 0.714. The first-order valence-corrected chi connectivity index (χ1v) is 7.26. The summed E-state index contributed by atoms with van der Waals surface area (Å²) in [4.78, 5) is 13.1. The molecule has 0 spiro atoms. The summed E-state index contributed by atoms with van der Waals surface area (Å²) in [7, 11) is 6.43. The van der Waals surface area contributed by atoms with Gasteiger partial charge in [0.1, 0.15) is 17.3 Å². The molecule has 1 saturated carbocycles. The maximum Gasteiger partial charge on any atom is 0.137 e. The van der Waals surface area contributed by atoms with E-state index in [2.05, 4.69) is 47.8 Å². The number of nitrogens with zero attached hydrogens (tertiary/aromatic N) is 4. The van der Waals surface area contributed by atoms with E-state index in [-0.39, 0.29) is 5.54 Å². The zero-order valence-electron chi connectivity index (χ0n) is 12.3. The normalized spacial score (nSPS) is 17.4. The highest BCUT2D eigenvalue weighted by Gasteiger charge is 2.40. The van der Waals surface area contributed by atoms with Crippen LogP contribution < -0.4 is 4.90 Å². The molecule has 0 saturated heterocycles. The summed E-state index contributed by atoms with van der Waals surface area (Å²) in [6.45, 7) is 3.08. The molecule has 19 heavy (non-hydrogen) atoms. The lowest BCUT2D eigenvalue weighted by atomic mass is 9.75. The Kier molecular flexibility index (Phi) is 4.31. The molecular weight excluding hydrogens is 260 g/mol. The first-order chi connectivity index (χ1) is 9.00. The van der Waals surface area contributed by atoms with E-state index in [0.717, 1.165) is 24.3 Å². The summed E-state index contributed by atoms with van der Waals surface area (Å²) in [6.07, 6.45) is 6.23. The van der Waals surface area contributed by atoms with Crippen molar-refractivity contribution < 1.29 is 0 Å². The van der Waals surface area contributed by atoms with Crippen molar-refractivity contribution in [2.45, 2.75) is 38.1 Å². The molecular formula is C14H23ClN4. The minimum atomic E-state index is 0.289. The number of hydrogen-bond donors (Lipinski definition) is 0. The predicted octanol–water partition coefficient (Wildman–Crippen LogP) is 2.61. The van der Waals surface area contributed by atoms with Gasteiger partial charge in [-0.3, -0.25) is 0 Å². The standard InChI is InChI=1S/C14H23ClN4/c1-5-11-12(15)16-10-17-13(11)19(4)9-14(18(2)3)7-6-8-14/h10H,5-9H2,1-4H3. The van der Waals surface area contributed by atoms with Crippen molar-refractivity contribution >= 4 is 17.4 Å². The van der Waals surface area contributed by atoms with Crippen molar-refractivity contribution in [3.63, 3.8) is 0 Å². The van der Waals surface area contributed by atoms with Crippen LogP contribution in [0, 0.1) is 0 Å². The predicted molar refractivity (Wildman–Crippen MR) is 80.0 cm³/mol. The van der Waals surface area contributed by atoms with E-state index in [1.54, 1.807) is 6.33 Å². The lowest BCUT2D eigenvalue weighted by Gasteiger charge is -2.49. The quantitative estimate of drug-likeness (QED) is 0.777. The summed E-state index contributed by atoms with van der Waals surface area (Å²) in [5, 5.41) is 0.576. The first-order valence-electron chi connectivity index (χ1n) is 6.88. The first kappa shape index (κ1) is 14.5. The molecule has 1 fully saturated rings. The molecule has 0 atom stereocenters. The van der Waals surface area contributed by atoms with E-state index in [1.807, 2.05) is 0 Å². The van der Waals surface area contributed by atoms with Crippen LogP contribution in [0.5, 0.6) is 0 Å². The van der Waals surface area contributed by atoms with Crippen molar-refractivity contribution in [3.8, 4) is 0 Å². The number of anilines is 1. The highest BCUT2D eigenvalue weighted by molar-refractivity contribution is 6.30. The molecule has 0 N–H and O–H groups in total. The molecule has 0 unspecified atom stereocenters. The van der Waals surface area contributed by atoms with Crippen LogP contribution in [0.2, 0.25) is 5.15 Å².